The lowest BCUT2D eigenvalue weighted by Gasteiger charge is -2.13. The minimum absolute atomic E-state index is 0.241. The van der Waals surface area contributed by atoms with Crippen LogP contribution in [0.4, 0.5) is 15.8 Å². The van der Waals surface area contributed by atoms with Gasteiger partial charge in [-0.15, -0.1) is 0 Å². The van der Waals surface area contributed by atoms with Crippen molar-refractivity contribution in [2.45, 2.75) is 25.8 Å². The minimum atomic E-state index is -0.808. The molecule has 0 aromatic heterocycles. The Balaban J connectivity index is 1.85. The van der Waals surface area contributed by atoms with E-state index in [9.17, 15) is 14.5 Å². The molecule has 1 aliphatic heterocycles. The number of rotatable bonds is 6. The summed E-state index contributed by atoms with van der Waals surface area (Å²) < 4.78 is 13.4. The second kappa shape index (κ2) is 6.62. The predicted octanol–water partition coefficient (Wildman–Crippen LogP) is 2.04. The molecular weight excluding hydrogens is 263 g/mol. The molecule has 20 heavy (non-hydrogen) atoms. The van der Waals surface area contributed by atoms with Crippen LogP contribution in [0.25, 0.3) is 0 Å². The maximum absolute atomic E-state index is 13.4. The topological polar surface area (TPSA) is 79.2 Å². The third-order valence-electron chi connectivity index (χ3n) is 3.64. The molecule has 0 aliphatic carbocycles. The Hall–Kier alpha value is -1.73. The number of benzene rings is 1. The molecule has 0 amide bonds. The van der Waals surface area contributed by atoms with Gasteiger partial charge in [-0.3, -0.25) is 21.0 Å². The Morgan fingerprint density at radius 3 is 3.00 bits per heavy atom. The van der Waals surface area contributed by atoms with E-state index in [-0.39, 0.29) is 5.69 Å². The molecule has 2 unspecified atom stereocenters. The SMILES string of the molecule is CC1NNCC1CCCNc1cccc(F)c1[N+](=O)[O-]. The van der Waals surface area contributed by atoms with Crippen molar-refractivity contribution in [1.29, 1.82) is 0 Å². The quantitative estimate of drug-likeness (QED) is 0.423. The molecule has 3 N–H and O–H groups in total. The molecule has 1 heterocycles. The third-order valence-corrected chi connectivity index (χ3v) is 3.64. The van der Waals surface area contributed by atoms with E-state index in [4.69, 9.17) is 0 Å². The van der Waals surface area contributed by atoms with Crippen LogP contribution in [0.1, 0.15) is 19.8 Å². The largest absolute Gasteiger partial charge is 0.379 e. The van der Waals surface area contributed by atoms with Crippen molar-refractivity contribution in [3.05, 3.63) is 34.1 Å². The first-order chi connectivity index (χ1) is 9.59. The van der Waals surface area contributed by atoms with Gasteiger partial charge in [0.15, 0.2) is 0 Å². The van der Waals surface area contributed by atoms with Gasteiger partial charge < -0.3 is 5.32 Å². The van der Waals surface area contributed by atoms with Gasteiger partial charge in [0, 0.05) is 19.1 Å². The number of anilines is 1. The maximum atomic E-state index is 13.4. The van der Waals surface area contributed by atoms with Crippen LogP contribution in [0.15, 0.2) is 18.2 Å². The van der Waals surface area contributed by atoms with Gasteiger partial charge in [-0.05, 0) is 37.8 Å². The van der Waals surface area contributed by atoms with Gasteiger partial charge in [0.05, 0.1) is 4.92 Å². The molecular formula is C13H19FN4O2. The first kappa shape index (κ1) is 14.7. The van der Waals surface area contributed by atoms with Crippen molar-refractivity contribution < 1.29 is 9.31 Å². The summed E-state index contributed by atoms with van der Waals surface area (Å²) in [4.78, 5) is 10.1. The van der Waals surface area contributed by atoms with Crippen molar-refractivity contribution in [2.75, 3.05) is 18.4 Å². The Labute approximate surface area is 116 Å². The average molecular weight is 282 g/mol. The van der Waals surface area contributed by atoms with E-state index in [1.54, 1.807) is 0 Å². The zero-order valence-electron chi connectivity index (χ0n) is 11.4. The standard InChI is InChI=1S/C13H19FN4O2/c1-9-10(8-16-17-9)4-3-7-15-12-6-2-5-11(14)13(12)18(19)20/h2,5-6,9-10,15-17H,3-4,7-8H2,1H3. The second-order valence-corrected chi connectivity index (χ2v) is 5.04. The molecule has 0 radical (unpaired) electrons. The summed E-state index contributed by atoms with van der Waals surface area (Å²) in [5.74, 6) is -0.253. The highest BCUT2D eigenvalue weighted by Gasteiger charge is 2.22. The lowest BCUT2D eigenvalue weighted by atomic mass is 9.98. The molecule has 0 saturated carbocycles. The molecule has 110 valence electrons. The number of nitrogens with one attached hydrogen (secondary N) is 3. The van der Waals surface area contributed by atoms with Crippen molar-refractivity contribution in [1.82, 2.24) is 10.9 Å². The van der Waals surface area contributed by atoms with Gasteiger partial charge in [0.1, 0.15) is 5.69 Å². The van der Waals surface area contributed by atoms with E-state index in [1.807, 2.05) is 0 Å². The van der Waals surface area contributed by atoms with Crippen molar-refractivity contribution in [3.63, 3.8) is 0 Å². The summed E-state index contributed by atoms with van der Waals surface area (Å²) >= 11 is 0. The number of hydrazine groups is 1. The lowest BCUT2D eigenvalue weighted by Crippen LogP contribution is -2.28. The lowest BCUT2D eigenvalue weighted by molar-refractivity contribution is -0.386. The molecule has 1 aliphatic rings. The number of nitro groups is 1. The maximum Gasteiger partial charge on any atom is 0.327 e. The molecule has 0 bridgehead atoms. The fourth-order valence-electron chi connectivity index (χ4n) is 2.43. The number of nitrogens with zero attached hydrogens (tertiary/aromatic N) is 1. The highest BCUT2D eigenvalue weighted by atomic mass is 19.1. The highest BCUT2D eigenvalue weighted by molar-refractivity contribution is 5.61. The molecule has 0 spiro atoms. The number of hydrogen-bond donors (Lipinski definition) is 3. The van der Waals surface area contributed by atoms with E-state index < -0.39 is 16.4 Å². The van der Waals surface area contributed by atoms with Crippen LogP contribution in [0.5, 0.6) is 0 Å². The molecule has 7 heteroatoms. The smallest absolute Gasteiger partial charge is 0.327 e. The van der Waals surface area contributed by atoms with Crippen LogP contribution in [-0.2, 0) is 0 Å². The molecule has 1 saturated heterocycles. The Bertz CT molecular complexity index is 483. The normalized spacial score (nSPS) is 21.9. The summed E-state index contributed by atoms with van der Waals surface area (Å²) in [7, 11) is 0. The molecule has 1 aromatic carbocycles. The first-order valence-electron chi connectivity index (χ1n) is 6.74. The van der Waals surface area contributed by atoms with Gasteiger partial charge in [0.2, 0.25) is 5.82 Å². The fraction of sp³-hybridized carbons (Fsp3) is 0.538. The van der Waals surface area contributed by atoms with Gasteiger partial charge in [0.25, 0.3) is 0 Å². The summed E-state index contributed by atoms with van der Waals surface area (Å²) in [5, 5.41) is 13.8. The Morgan fingerprint density at radius 1 is 1.55 bits per heavy atom. The Kier molecular flexibility index (Phi) is 4.86. The number of nitro benzene ring substituents is 1. The van der Waals surface area contributed by atoms with Gasteiger partial charge in [-0.2, -0.15) is 4.39 Å². The highest BCUT2D eigenvalue weighted by Crippen LogP contribution is 2.27. The van der Waals surface area contributed by atoms with Gasteiger partial charge in [-0.25, -0.2) is 0 Å². The minimum Gasteiger partial charge on any atom is -0.379 e. The number of halogens is 1. The summed E-state index contributed by atoms with van der Waals surface area (Å²) in [6.07, 6.45) is 1.89. The molecule has 1 fully saturated rings. The molecule has 2 atom stereocenters. The second-order valence-electron chi connectivity index (χ2n) is 5.04. The van der Waals surface area contributed by atoms with E-state index in [1.165, 1.54) is 12.1 Å². The average Bonchev–Trinajstić information content (AvgIpc) is 2.80. The summed E-state index contributed by atoms with van der Waals surface area (Å²) in [6.45, 7) is 3.64. The zero-order valence-corrected chi connectivity index (χ0v) is 11.4. The molecule has 2 rings (SSSR count). The van der Waals surface area contributed by atoms with Crippen LogP contribution in [-0.4, -0.2) is 24.1 Å². The van der Waals surface area contributed by atoms with Crippen LogP contribution < -0.4 is 16.2 Å². The molecule has 1 aromatic rings. The van der Waals surface area contributed by atoms with Gasteiger partial charge in [-0.1, -0.05) is 6.07 Å². The third kappa shape index (κ3) is 3.43. The zero-order chi connectivity index (χ0) is 14.5. The van der Waals surface area contributed by atoms with E-state index in [0.717, 1.165) is 25.5 Å². The van der Waals surface area contributed by atoms with Crippen LogP contribution in [0.3, 0.4) is 0 Å². The monoisotopic (exact) mass is 282 g/mol. The van der Waals surface area contributed by atoms with Crippen molar-refractivity contribution in [3.8, 4) is 0 Å². The van der Waals surface area contributed by atoms with Crippen LogP contribution >= 0.6 is 0 Å². The van der Waals surface area contributed by atoms with Crippen LogP contribution in [0.2, 0.25) is 0 Å². The number of para-hydroxylation sites is 1. The number of hydrogen-bond acceptors (Lipinski definition) is 5. The first-order valence-corrected chi connectivity index (χ1v) is 6.74. The van der Waals surface area contributed by atoms with Crippen molar-refractivity contribution >= 4 is 11.4 Å². The predicted molar refractivity (Wildman–Crippen MR) is 74.9 cm³/mol. The Morgan fingerprint density at radius 2 is 2.35 bits per heavy atom. The fourth-order valence-corrected chi connectivity index (χ4v) is 2.43. The van der Waals surface area contributed by atoms with Gasteiger partial charge >= 0.3 is 5.69 Å². The van der Waals surface area contributed by atoms with E-state index in [2.05, 4.69) is 23.1 Å². The van der Waals surface area contributed by atoms with E-state index >= 15 is 0 Å². The molecule has 6 nitrogen and oxygen atoms in total. The summed E-state index contributed by atoms with van der Waals surface area (Å²) in [6, 6.07) is 4.53. The van der Waals surface area contributed by atoms with E-state index in [0.29, 0.717) is 18.5 Å². The summed E-state index contributed by atoms with van der Waals surface area (Å²) in [5.41, 5.74) is 6.01. The van der Waals surface area contributed by atoms with Crippen LogP contribution in [0, 0.1) is 21.8 Å². The van der Waals surface area contributed by atoms with Crippen molar-refractivity contribution in [2.24, 2.45) is 5.92 Å².